The number of thioether (sulfide) groups is 1. The normalized spacial score (nSPS) is 19.7. The summed E-state index contributed by atoms with van der Waals surface area (Å²) in [7, 11) is -11.0. The molecule has 0 spiro atoms. The Bertz CT molecular complexity index is 4920. The number of aliphatic hydroxyl groups is 1. The van der Waals surface area contributed by atoms with Gasteiger partial charge in [0.25, 0.3) is 31.7 Å². The third-order valence-corrected chi connectivity index (χ3v) is 27.8. The number of ether oxygens (including phenoxy) is 2. The second kappa shape index (κ2) is 39.9. The topological polar surface area (TPSA) is 311 Å². The van der Waals surface area contributed by atoms with E-state index in [9.17, 15) is 59.1 Å². The highest BCUT2D eigenvalue weighted by atomic mass is 35.5. The number of nitrogens with zero attached hydrogens (tertiary/aromatic N) is 9. The molecule has 0 saturated carbocycles. The predicted octanol–water partition coefficient (Wildman–Crippen LogP) is 10.8. The number of piperazine rings is 2. The van der Waals surface area contributed by atoms with Crippen molar-refractivity contribution in [3.63, 3.8) is 0 Å². The number of carbonyl (C=O) groups is 5. The number of likely N-dealkylation sites (tertiary alicyclic amines) is 1. The molecule has 26 nitrogen and oxygen atoms in total. The Balaban J connectivity index is 0.578. The van der Waals surface area contributed by atoms with Gasteiger partial charge in [-0.25, -0.2) is 26.5 Å². The molecule has 12 rings (SSSR count). The minimum Gasteiger partial charge on any atom is -0.391 e. The van der Waals surface area contributed by atoms with E-state index >= 15 is 0 Å². The van der Waals surface area contributed by atoms with Crippen molar-refractivity contribution in [1.29, 1.82) is 0 Å². The van der Waals surface area contributed by atoms with Gasteiger partial charge in [-0.2, -0.15) is 13.2 Å². The Morgan fingerprint density at radius 3 is 2.18 bits per heavy atom. The van der Waals surface area contributed by atoms with Gasteiger partial charge in [0.05, 0.1) is 45.4 Å². The average Bonchev–Trinajstić information content (AvgIpc) is 1.42. The Hall–Kier alpha value is -8.61. The summed E-state index contributed by atoms with van der Waals surface area (Å²) in [5.74, 6) is -1.89. The lowest BCUT2D eigenvalue weighted by molar-refractivity contribution is -0.144. The molecule has 3 unspecified atom stereocenters. The van der Waals surface area contributed by atoms with Gasteiger partial charge in [-0.1, -0.05) is 99.5 Å². The van der Waals surface area contributed by atoms with E-state index in [1.54, 1.807) is 41.1 Å². The zero-order valence-electron chi connectivity index (χ0n) is 67.9. The standard InChI is InChI=1S/C85H106ClF3N14O12S4/c1-57(59-14-16-61(17-15-59)77-58(2)91-56-117-77)92-81(108)73-48-67(104)52-103(73)82(109)78(83(3,4)5)94-76(105)53-115-45-10-33-90-80(107)72-28-29-75(96-95-72)102-42-38-100(39-43-102)55-84(6)32-30-70(60-18-22-64(86)23-19-60)63(50-84)51-99-36-40-101(41-37-99)66-24-20-62(21-25-66)79(106)97-119(112,113)69-26-27-71(74(49-69)118(110,111)85(87,88)89)93-65(54-116-68-12-8-7-9-13-68)31-35-98-34-11-46-114-47-44-98/h7-9,12-29,49,56-57,65,67,73,78,93,104H,10-11,30-48,50-55H2,1-6H3,(H,90,107)(H,92,108)(H,94,105)(H,97,106)/t57-,65?,67+,73-,78?,84?/m0/s1. The van der Waals surface area contributed by atoms with Crippen molar-refractivity contribution >= 4 is 107 Å². The summed E-state index contributed by atoms with van der Waals surface area (Å²) in [4.78, 5) is 85.3. The summed E-state index contributed by atoms with van der Waals surface area (Å²) in [6, 6.07) is 34.6. The third-order valence-electron chi connectivity index (χ3n) is 22.5. The molecule has 2 aromatic heterocycles. The molecule has 0 radical (unpaired) electrons. The molecule has 0 bridgehead atoms. The summed E-state index contributed by atoms with van der Waals surface area (Å²) < 4.78 is 111. The largest absolute Gasteiger partial charge is 0.501 e. The lowest BCUT2D eigenvalue weighted by Crippen LogP contribution is -2.58. The van der Waals surface area contributed by atoms with Crippen LogP contribution in [0.5, 0.6) is 0 Å². The number of aryl methyl sites for hydroxylation is 1. The number of allylic oxidation sites excluding steroid dienone is 1. The molecule has 5 aliphatic rings. The Morgan fingerprint density at radius 1 is 0.790 bits per heavy atom. The van der Waals surface area contributed by atoms with Gasteiger partial charge in [-0.05, 0) is 164 Å². The molecule has 5 amide bonds. The van der Waals surface area contributed by atoms with E-state index in [0.29, 0.717) is 88.0 Å². The average molecular weight is 1740 g/mol. The fraction of sp³-hybridized carbons (Fsp3) is 0.482. The molecule has 4 saturated heterocycles. The summed E-state index contributed by atoms with van der Waals surface area (Å²) >= 11 is 9.40. The summed E-state index contributed by atoms with van der Waals surface area (Å²) in [5, 5.41) is 31.8. The zero-order valence-corrected chi connectivity index (χ0v) is 71.9. The van der Waals surface area contributed by atoms with E-state index in [1.807, 2.05) is 106 Å². The molecule has 640 valence electrons. The molecule has 4 fully saturated rings. The van der Waals surface area contributed by atoms with Crippen LogP contribution in [0.15, 0.2) is 159 Å². The number of β-amino-alcohol motifs (C(OH)–C–C–N with tert-alkyl or cyclic N) is 1. The smallest absolute Gasteiger partial charge is 0.391 e. The van der Waals surface area contributed by atoms with Crippen LogP contribution in [0.3, 0.4) is 0 Å². The Morgan fingerprint density at radius 2 is 1.50 bits per heavy atom. The lowest BCUT2D eigenvalue weighted by Gasteiger charge is -2.44. The van der Waals surface area contributed by atoms with Gasteiger partial charge < -0.3 is 55.4 Å². The van der Waals surface area contributed by atoms with Crippen LogP contribution in [0.2, 0.25) is 5.02 Å². The van der Waals surface area contributed by atoms with Crippen LogP contribution in [0.25, 0.3) is 16.0 Å². The van der Waals surface area contributed by atoms with E-state index in [1.165, 1.54) is 39.9 Å². The maximum atomic E-state index is 14.5. The number of nitrogens with one attached hydrogen (secondary N) is 5. The highest BCUT2D eigenvalue weighted by Crippen LogP contribution is 2.45. The second-order valence-electron chi connectivity index (χ2n) is 32.6. The minimum absolute atomic E-state index is 0.0328. The van der Waals surface area contributed by atoms with Gasteiger partial charge in [0.2, 0.25) is 17.7 Å². The van der Waals surface area contributed by atoms with Crippen molar-refractivity contribution < 1.29 is 68.6 Å². The number of carbonyl (C=O) groups excluding carboxylic acids is 5. The van der Waals surface area contributed by atoms with Gasteiger partial charge in [-0.15, -0.1) is 33.3 Å². The first-order valence-electron chi connectivity index (χ1n) is 40.3. The fourth-order valence-corrected chi connectivity index (χ4v) is 19.8. The van der Waals surface area contributed by atoms with Gasteiger partial charge in [-0.3, -0.25) is 33.8 Å². The summed E-state index contributed by atoms with van der Waals surface area (Å²) in [6.07, 6.45) is 3.48. The highest BCUT2D eigenvalue weighted by molar-refractivity contribution is 7.99. The van der Waals surface area contributed by atoms with Crippen molar-refractivity contribution in [1.82, 2.24) is 55.5 Å². The first-order chi connectivity index (χ1) is 56.8. The van der Waals surface area contributed by atoms with Crippen molar-refractivity contribution in [3.05, 3.63) is 178 Å². The number of thiazole rings is 1. The maximum Gasteiger partial charge on any atom is 0.501 e. The van der Waals surface area contributed by atoms with Crippen LogP contribution in [-0.4, -0.2) is 246 Å². The van der Waals surface area contributed by atoms with E-state index in [4.69, 9.17) is 21.1 Å². The first-order valence-corrected chi connectivity index (χ1v) is 45.5. The van der Waals surface area contributed by atoms with E-state index in [0.717, 1.165) is 121 Å². The van der Waals surface area contributed by atoms with Crippen molar-refractivity contribution in [3.8, 4) is 10.4 Å². The van der Waals surface area contributed by atoms with Gasteiger partial charge in [0.1, 0.15) is 23.6 Å². The summed E-state index contributed by atoms with van der Waals surface area (Å²) in [5.41, 5.74) is 2.38. The molecular weight excluding hydrogens is 1630 g/mol. The first kappa shape index (κ1) is 89.6. The number of sulfonamides is 1. The van der Waals surface area contributed by atoms with Crippen LogP contribution >= 0.6 is 34.7 Å². The predicted molar refractivity (Wildman–Crippen MR) is 456 cm³/mol. The molecule has 34 heteroatoms. The van der Waals surface area contributed by atoms with Crippen LogP contribution in [-0.2, 0) is 43.7 Å². The van der Waals surface area contributed by atoms with Crippen LogP contribution < -0.4 is 35.8 Å². The van der Waals surface area contributed by atoms with Crippen molar-refractivity contribution in [2.45, 2.75) is 137 Å². The maximum absolute atomic E-state index is 14.5. The number of aromatic nitrogens is 3. The number of hydrogen-bond donors (Lipinski definition) is 6. The lowest BCUT2D eigenvalue weighted by atomic mass is 9.71. The minimum atomic E-state index is -6.12. The Kier molecular flexibility index (Phi) is 30.1. The quantitative estimate of drug-likeness (QED) is 0.0169. The van der Waals surface area contributed by atoms with E-state index in [-0.39, 0.29) is 49.4 Å². The number of rotatable bonds is 32. The number of alkyl halides is 3. The number of amides is 5. The fourth-order valence-electron chi connectivity index (χ4n) is 15.9. The van der Waals surface area contributed by atoms with Crippen LogP contribution in [0.4, 0.5) is 30.4 Å². The third kappa shape index (κ3) is 23.8. The van der Waals surface area contributed by atoms with Gasteiger partial charge in [0.15, 0.2) is 11.5 Å². The zero-order chi connectivity index (χ0) is 84.8. The van der Waals surface area contributed by atoms with Gasteiger partial charge >= 0.3 is 5.51 Å². The van der Waals surface area contributed by atoms with Crippen molar-refractivity contribution in [2.75, 3.05) is 145 Å². The second-order valence-corrected chi connectivity index (χ2v) is 38.6. The number of sulfone groups is 1. The van der Waals surface area contributed by atoms with Gasteiger partial charge in [0, 0.05) is 151 Å². The Labute approximate surface area is 707 Å². The molecule has 6 N–H and O–H groups in total. The molecule has 4 aliphatic heterocycles. The molecule has 6 heterocycles. The molecule has 6 atom stereocenters. The molecule has 7 aromatic rings. The number of aliphatic hydroxyl groups excluding tert-OH is 1. The van der Waals surface area contributed by atoms with E-state index < -0.39 is 106 Å². The van der Waals surface area contributed by atoms with E-state index in [2.05, 4.69) is 80.0 Å². The molecule has 119 heavy (non-hydrogen) atoms. The number of anilines is 3. The number of benzene rings is 5. The summed E-state index contributed by atoms with van der Waals surface area (Å²) in [6.45, 7) is 22.1. The number of halogens is 4. The van der Waals surface area contributed by atoms with Crippen LogP contribution in [0.1, 0.15) is 123 Å². The van der Waals surface area contributed by atoms with Crippen LogP contribution in [0, 0.1) is 17.8 Å². The molecular formula is C85H106ClF3N14O12S4. The highest BCUT2D eigenvalue weighted by Gasteiger charge is 2.49. The monoisotopic (exact) mass is 1730 g/mol. The molecule has 5 aromatic carbocycles. The number of hydrogen-bond acceptors (Lipinski definition) is 23. The molecule has 1 aliphatic carbocycles. The van der Waals surface area contributed by atoms with Crippen molar-refractivity contribution in [2.24, 2.45) is 10.8 Å². The SMILES string of the molecule is Cc1ncsc1-c1ccc([C@H](C)NC(=O)[C@@H]2C[C@@H](O)CN2C(=O)C(NC(=O)COCCCNC(=O)c2ccc(N3CCN(CC4(C)CCC(c5ccc(Cl)cc5)=C(CN5CCN(c6ccc(C(=O)NS(=O)(=O)c7ccc(NC(CCN8CCCOCC8)CSc8ccccc8)c(S(=O)(=O)C(F)(F)F)c7)cc6)CC5)C4)CC3)nn2)C(C)(C)C)cc1.